The number of nitrogens with two attached hydrogens (primary N) is 1. The third-order valence-corrected chi connectivity index (χ3v) is 2.94. The number of hydrogen-bond acceptors (Lipinski definition) is 2. The molecule has 1 unspecified atom stereocenters. The second-order valence-electron chi connectivity index (χ2n) is 3.33. The van der Waals surface area contributed by atoms with Crippen LogP contribution in [0.4, 0.5) is 4.39 Å². The van der Waals surface area contributed by atoms with Gasteiger partial charge in [-0.15, -0.1) is 0 Å². The van der Waals surface area contributed by atoms with Gasteiger partial charge in [-0.1, -0.05) is 15.9 Å². The summed E-state index contributed by atoms with van der Waals surface area (Å²) in [4.78, 5) is 10.5. The number of carbonyl (C=O) groups is 1. The summed E-state index contributed by atoms with van der Waals surface area (Å²) in [5.74, 6) is -1.45. The molecule has 1 rings (SSSR count). The molecule has 3 N–H and O–H groups in total. The lowest BCUT2D eigenvalue weighted by Gasteiger charge is -2.08. The molecule has 1 aromatic rings. The molecule has 1 aromatic carbocycles. The Balaban J connectivity index is 2.92. The van der Waals surface area contributed by atoms with Gasteiger partial charge in [-0.05, 0) is 36.6 Å². The molecule has 0 radical (unpaired) electrons. The highest BCUT2D eigenvalue weighted by molar-refractivity contribution is 9.10. The van der Waals surface area contributed by atoms with Gasteiger partial charge in [-0.25, -0.2) is 4.39 Å². The van der Waals surface area contributed by atoms with Crippen LogP contribution in [0.15, 0.2) is 16.6 Å². The van der Waals surface area contributed by atoms with Crippen molar-refractivity contribution in [2.45, 2.75) is 19.4 Å². The average Bonchev–Trinajstić information content (AvgIpc) is 2.13. The summed E-state index contributed by atoms with van der Waals surface area (Å²) in [5, 5.41) is 8.61. The molecule has 5 heteroatoms. The van der Waals surface area contributed by atoms with E-state index in [0.717, 1.165) is 0 Å². The minimum atomic E-state index is -1.09. The van der Waals surface area contributed by atoms with E-state index in [1.165, 1.54) is 6.07 Å². The van der Waals surface area contributed by atoms with Gasteiger partial charge in [0.1, 0.15) is 11.9 Å². The molecule has 0 amide bonds. The van der Waals surface area contributed by atoms with Crippen LogP contribution in [0, 0.1) is 12.7 Å². The second-order valence-corrected chi connectivity index (χ2v) is 4.19. The standard InChI is InChI=1S/C10H11BrFNO2/c1-5-7(11)2-6(3-8(5)12)4-9(13)10(14)15/h2-3,9H,4,13H2,1H3,(H,14,15). The number of halogens is 2. The number of aliphatic carboxylic acids is 1. The zero-order valence-electron chi connectivity index (χ0n) is 8.13. The Bertz CT molecular complexity index is 372. The quantitative estimate of drug-likeness (QED) is 0.885. The number of rotatable bonds is 3. The summed E-state index contributed by atoms with van der Waals surface area (Å²) in [5.41, 5.74) is 6.42. The zero-order chi connectivity index (χ0) is 11.6. The lowest BCUT2D eigenvalue weighted by Crippen LogP contribution is -2.32. The van der Waals surface area contributed by atoms with Gasteiger partial charge in [0.25, 0.3) is 0 Å². The molecule has 0 saturated carbocycles. The molecule has 0 spiro atoms. The number of benzene rings is 1. The maximum Gasteiger partial charge on any atom is 0.320 e. The number of hydrogen-bond donors (Lipinski definition) is 2. The van der Waals surface area contributed by atoms with E-state index in [2.05, 4.69) is 15.9 Å². The summed E-state index contributed by atoms with van der Waals surface area (Å²) in [7, 11) is 0. The fourth-order valence-corrected chi connectivity index (χ4v) is 1.64. The molecule has 0 aliphatic rings. The van der Waals surface area contributed by atoms with Crippen molar-refractivity contribution in [3.63, 3.8) is 0 Å². The Morgan fingerprint density at radius 1 is 1.67 bits per heavy atom. The molecule has 3 nitrogen and oxygen atoms in total. The average molecular weight is 276 g/mol. The van der Waals surface area contributed by atoms with Crippen molar-refractivity contribution in [3.05, 3.63) is 33.5 Å². The fraction of sp³-hybridized carbons (Fsp3) is 0.300. The molecule has 0 aliphatic carbocycles. The third-order valence-electron chi connectivity index (χ3n) is 2.11. The van der Waals surface area contributed by atoms with Crippen LogP contribution in [0.1, 0.15) is 11.1 Å². The number of carboxylic acid groups (broad SMARTS) is 1. The van der Waals surface area contributed by atoms with Crippen molar-refractivity contribution in [1.82, 2.24) is 0 Å². The van der Waals surface area contributed by atoms with Crippen LogP contribution in [-0.4, -0.2) is 17.1 Å². The van der Waals surface area contributed by atoms with Crippen molar-refractivity contribution < 1.29 is 14.3 Å². The van der Waals surface area contributed by atoms with Gasteiger partial charge in [0.15, 0.2) is 0 Å². The normalized spacial score (nSPS) is 12.5. The van der Waals surface area contributed by atoms with E-state index in [0.29, 0.717) is 15.6 Å². The van der Waals surface area contributed by atoms with Crippen LogP contribution in [0.3, 0.4) is 0 Å². The Labute approximate surface area is 95.2 Å². The molecule has 0 heterocycles. The van der Waals surface area contributed by atoms with Gasteiger partial charge < -0.3 is 10.8 Å². The first-order chi connectivity index (χ1) is 6.91. The molecule has 82 valence electrons. The largest absolute Gasteiger partial charge is 0.480 e. The molecule has 0 aromatic heterocycles. The minimum absolute atomic E-state index is 0.116. The van der Waals surface area contributed by atoms with Crippen LogP contribution in [-0.2, 0) is 11.2 Å². The molecule has 15 heavy (non-hydrogen) atoms. The first-order valence-electron chi connectivity index (χ1n) is 4.34. The van der Waals surface area contributed by atoms with Gasteiger partial charge in [0.2, 0.25) is 0 Å². The van der Waals surface area contributed by atoms with Gasteiger partial charge in [0, 0.05) is 4.47 Å². The highest BCUT2D eigenvalue weighted by Crippen LogP contribution is 2.21. The number of carboxylic acids is 1. The summed E-state index contributed by atoms with van der Waals surface area (Å²) < 4.78 is 13.9. The Hall–Kier alpha value is -0.940. The monoisotopic (exact) mass is 275 g/mol. The van der Waals surface area contributed by atoms with Crippen molar-refractivity contribution in [3.8, 4) is 0 Å². The molecule has 0 aliphatic heterocycles. The van der Waals surface area contributed by atoms with Crippen molar-refractivity contribution in [2.24, 2.45) is 5.73 Å². The zero-order valence-corrected chi connectivity index (χ0v) is 9.71. The minimum Gasteiger partial charge on any atom is -0.480 e. The second kappa shape index (κ2) is 4.72. The summed E-state index contributed by atoms with van der Waals surface area (Å²) >= 11 is 3.20. The lowest BCUT2D eigenvalue weighted by atomic mass is 10.0. The molecule has 0 fully saturated rings. The molecule has 1 atom stereocenters. The van der Waals surface area contributed by atoms with E-state index >= 15 is 0 Å². The van der Waals surface area contributed by atoms with Crippen molar-refractivity contribution >= 4 is 21.9 Å². The Morgan fingerprint density at radius 2 is 2.27 bits per heavy atom. The Morgan fingerprint density at radius 3 is 2.73 bits per heavy atom. The first-order valence-corrected chi connectivity index (χ1v) is 5.14. The van der Waals surface area contributed by atoms with Crippen LogP contribution >= 0.6 is 15.9 Å². The highest BCUT2D eigenvalue weighted by atomic mass is 79.9. The summed E-state index contributed by atoms with van der Waals surface area (Å²) in [6.45, 7) is 1.64. The predicted molar refractivity (Wildman–Crippen MR) is 58.2 cm³/mol. The van der Waals surface area contributed by atoms with Crippen molar-refractivity contribution in [1.29, 1.82) is 0 Å². The van der Waals surface area contributed by atoms with Crippen LogP contribution in [0.2, 0.25) is 0 Å². The molecular formula is C10H11BrFNO2. The van der Waals surface area contributed by atoms with Crippen LogP contribution < -0.4 is 5.73 Å². The first kappa shape index (κ1) is 12.1. The van der Waals surface area contributed by atoms with Gasteiger partial charge in [0.05, 0.1) is 0 Å². The van der Waals surface area contributed by atoms with E-state index in [1.807, 2.05) is 0 Å². The topological polar surface area (TPSA) is 63.3 Å². The highest BCUT2D eigenvalue weighted by Gasteiger charge is 2.14. The maximum absolute atomic E-state index is 13.3. The molecule has 0 bridgehead atoms. The molecular weight excluding hydrogens is 265 g/mol. The van der Waals surface area contributed by atoms with Crippen LogP contribution in [0.25, 0.3) is 0 Å². The smallest absolute Gasteiger partial charge is 0.320 e. The van der Waals surface area contributed by atoms with E-state index < -0.39 is 12.0 Å². The molecule has 0 saturated heterocycles. The van der Waals surface area contributed by atoms with Gasteiger partial charge in [-0.3, -0.25) is 4.79 Å². The maximum atomic E-state index is 13.3. The van der Waals surface area contributed by atoms with E-state index in [-0.39, 0.29) is 12.2 Å². The van der Waals surface area contributed by atoms with Gasteiger partial charge in [-0.2, -0.15) is 0 Å². The fourth-order valence-electron chi connectivity index (χ4n) is 1.16. The van der Waals surface area contributed by atoms with Crippen LogP contribution in [0.5, 0.6) is 0 Å². The lowest BCUT2D eigenvalue weighted by molar-refractivity contribution is -0.138. The Kier molecular flexibility index (Phi) is 3.82. The van der Waals surface area contributed by atoms with E-state index in [9.17, 15) is 9.18 Å². The van der Waals surface area contributed by atoms with Crippen molar-refractivity contribution in [2.75, 3.05) is 0 Å². The van der Waals surface area contributed by atoms with E-state index in [1.54, 1.807) is 13.0 Å². The SMILES string of the molecule is Cc1c(F)cc(CC(N)C(=O)O)cc1Br. The van der Waals surface area contributed by atoms with E-state index in [4.69, 9.17) is 10.8 Å². The predicted octanol–water partition coefficient (Wildman–Crippen LogP) is 1.85. The van der Waals surface area contributed by atoms with Gasteiger partial charge >= 0.3 is 5.97 Å². The third kappa shape index (κ3) is 3.00. The summed E-state index contributed by atoms with van der Waals surface area (Å²) in [6.07, 6.45) is 0.116. The summed E-state index contributed by atoms with van der Waals surface area (Å²) in [6, 6.07) is 1.99.